The number of halogens is 1. The topological polar surface area (TPSA) is 89.9 Å². The van der Waals surface area contributed by atoms with E-state index < -0.39 is 0 Å². The molecule has 0 aliphatic heterocycles. The first kappa shape index (κ1) is 18.2. The Morgan fingerprint density at radius 1 is 1.27 bits per heavy atom. The lowest BCUT2D eigenvalue weighted by Crippen LogP contribution is -2.28. The Morgan fingerprint density at radius 2 is 2.04 bits per heavy atom. The van der Waals surface area contributed by atoms with E-state index in [2.05, 4.69) is 15.2 Å². The number of nitrogens with two attached hydrogens (primary N) is 1. The van der Waals surface area contributed by atoms with Crippen LogP contribution in [0.3, 0.4) is 0 Å². The number of carbonyl (C=O) groups excluding carboxylic acids is 1. The van der Waals surface area contributed by atoms with Crippen LogP contribution in [-0.4, -0.2) is 43.5 Å². The highest BCUT2D eigenvalue weighted by atomic mass is 35.5. The number of amides is 1. The lowest BCUT2D eigenvalue weighted by molar-refractivity contribution is -0.127. The van der Waals surface area contributed by atoms with Crippen molar-refractivity contribution in [2.45, 2.75) is 11.7 Å². The van der Waals surface area contributed by atoms with E-state index in [0.717, 1.165) is 11.1 Å². The van der Waals surface area contributed by atoms with Crippen LogP contribution in [0.15, 0.2) is 53.9 Å². The Labute approximate surface area is 160 Å². The van der Waals surface area contributed by atoms with E-state index in [1.807, 2.05) is 18.2 Å². The van der Waals surface area contributed by atoms with E-state index >= 15 is 0 Å². The fraction of sp³-hybridized carbons (Fsp3) is 0.176. The predicted molar refractivity (Wildman–Crippen MR) is 102 cm³/mol. The van der Waals surface area contributed by atoms with Crippen LogP contribution in [0.1, 0.15) is 5.56 Å². The van der Waals surface area contributed by atoms with Gasteiger partial charge in [-0.1, -0.05) is 35.5 Å². The van der Waals surface area contributed by atoms with Gasteiger partial charge in [0.2, 0.25) is 11.1 Å². The summed E-state index contributed by atoms with van der Waals surface area (Å²) in [5.41, 5.74) is 1.77. The molecule has 0 atom stereocenters. The molecule has 2 heterocycles. The third-order valence-electron chi connectivity index (χ3n) is 3.67. The molecule has 0 aliphatic rings. The fourth-order valence-corrected chi connectivity index (χ4v) is 3.18. The molecule has 0 radical (unpaired) electrons. The summed E-state index contributed by atoms with van der Waals surface area (Å²) < 4.78 is 1.37. The van der Waals surface area contributed by atoms with Crippen molar-refractivity contribution in [3.8, 4) is 11.4 Å². The van der Waals surface area contributed by atoms with E-state index in [1.54, 1.807) is 42.5 Å². The van der Waals surface area contributed by atoms with Gasteiger partial charge in [0.25, 0.3) is 0 Å². The standard InChI is InChI=1S/C17H17ClN6OS/c1-23(10-12-4-6-14(18)7-5-12)15(25)11-26-17-22-21-16(24(17)19)13-3-2-8-20-9-13/h2-9H,10-11,19H2,1H3. The Kier molecular flexibility index (Phi) is 5.75. The largest absolute Gasteiger partial charge is 0.341 e. The van der Waals surface area contributed by atoms with Crippen molar-refractivity contribution in [1.29, 1.82) is 0 Å². The number of rotatable bonds is 6. The lowest BCUT2D eigenvalue weighted by Gasteiger charge is -2.17. The van der Waals surface area contributed by atoms with Gasteiger partial charge in [-0.25, -0.2) is 4.68 Å². The van der Waals surface area contributed by atoms with Crippen LogP contribution in [0.5, 0.6) is 0 Å². The summed E-state index contributed by atoms with van der Waals surface area (Å²) in [6.45, 7) is 0.507. The molecule has 0 saturated carbocycles. The van der Waals surface area contributed by atoms with Crippen LogP contribution in [0.4, 0.5) is 0 Å². The summed E-state index contributed by atoms with van der Waals surface area (Å²) in [4.78, 5) is 18.0. The zero-order valence-corrected chi connectivity index (χ0v) is 15.6. The minimum atomic E-state index is -0.0316. The summed E-state index contributed by atoms with van der Waals surface area (Å²) in [5, 5.41) is 9.27. The third-order valence-corrected chi connectivity index (χ3v) is 4.85. The molecule has 9 heteroatoms. The summed E-state index contributed by atoms with van der Waals surface area (Å²) in [6.07, 6.45) is 3.33. The van der Waals surface area contributed by atoms with E-state index in [1.165, 1.54) is 16.4 Å². The van der Waals surface area contributed by atoms with Crippen molar-refractivity contribution in [2.75, 3.05) is 18.6 Å². The van der Waals surface area contributed by atoms with E-state index in [-0.39, 0.29) is 11.7 Å². The first-order chi connectivity index (χ1) is 12.5. The number of thioether (sulfide) groups is 1. The molecule has 0 bridgehead atoms. The molecule has 3 aromatic rings. The number of hydrogen-bond acceptors (Lipinski definition) is 6. The van der Waals surface area contributed by atoms with Crippen LogP contribution < -0.4 is 5.84 Å². The maximum atomic E-state index is 12.3. The van der Waals surface area contributed by atoms with E-state index in [9.17, 15) is 4.79 Å². The molecule has 26 heavy (non-hydrogen) atoms. The van der Waals surface area contributed by atoms with Gasteiger partial charge in [-0.15, -0.1) is 10.2 Å². The molecule has 0 saturated heterocycles. The smallest absolute Gasteiger partial charge is 0.233 e. The molecule has 1 amide bonds. The minimum Gasteiger partial charge on any atom is -0.341 e. The number of nitrogen functional groups attached to an aromatic ring is 1. The van der Waals surface area contributed by atoms with Gasteiger partial charge in [0.05, 0.1) is 5.75 Å². The monoisotopic (exact) mass is 388 g/mol. The summed E-state index contributed by atoms with van der Waals surface area (Å²) >= 11 is 7.12. The molecule has 0 spiro atoms. The molecule has 0 unspecified atom stereocenters. The van der Waals surface area contributed by atoms with Crippen molar-refractivity contribution < 1.29 is 4.79 Å². The quantitative estimate of drug-likeness (QED) is 0.515. The summed E-state index contributed by atoms with van der Waals surface area (Å²) in [6, 6.07) is 11.1. The summed E-state index contributed by atoms with van der Waals surface area (Å²) in [5.74, 6) is 6.73. The zero-order valence-electron chi connectivity index (χ0n) is 14.0. The molecular formula is C17H17ClN6OS. The Balaban J connectivity index is 1.59. The van der Waals surface area contributed by atoms with Crippen LogP contribution in [0, 0.1) is 0 Å². The van der Waals surface area contributed by atoms with E-state index in [0.29, 0.717) is 22.5 Å². The van der Waals surface area contributed by atoms with Gasteiger partial charge in [-0.3, -0.25) is 9.78 Å². The molecular weight excluding hydrogens is 372 g/mol. The molecule has 2 aromatic heterocycles. The zero-order chi connectivity index (χ0) is 18.5. The average molecular weight is 389 g/mol. The number of carbonyl (C=O) groups is 1. The van der Waals surface area contributed by atoms with Gasteiger partial charge in [0.1, 0.15) is 0 Å². The SMILES string of the molecule is CN(Cc1ccc(Cl)cc1)C(=O)CSc1nnc(-c2cccnc2)n1N. The van der Waals surface area contributed by atoms with Crippen LogP contribution in [0.25, 0.3) is 11.4 Å². The van der Waals surface area contributed by atoms with Crippen molar-refractivity contribution in [1.82, 2.24) is 24.8 Å². The normalized spacial score (nSPS) is 10.7. The molecule has 1 aromatic carbocycles. The number of hydrogen-bond donors (Lipinski definition) is 1. The van der Waals surface area contributed by atoms with Crippen molar-refractivity contribution in [3.63, 3.8) is 0 Å². The van der Waals surface area contributed by atoms with Crippen molar-refractivity contribution in [3.05, 3.63) is 59.4 Å². The van der Waals surface area contributed by atoms with Gasteiger partial charge in [-0.2, -0.15) is 0 Å². The highest BCUT2D eigenvalue weighted by molar-refractivity contribution is 7.99. The third kappa shape index (κ3) is 4.33. The minimum absolute atomic E-state index is 0.0316. The summed E-state index contributed by atoms with van der Waals surface area (Å²) in [7, 11) is 1.76. The second kappa shape index (κ2) is 8.20. The van der Waals surface area contributed by atoms with Gasteiger partial charge in [-0.05, 0) is 29.8 Å². The van der Waals surface area contributed by atoms with Gasteiger partial charge < -0.3 is 10.7 Å². The van der Waals surface area contributed by atoms with Gasteiger partial charge >= 0.3 is 0 Å². The molecule has 0 fully saturated rings. The van der Waals surface area contributed by atoms with E-state index in [4.69, 9.17) is 17.4 Å². The molecule has 134 valence electrons. The molecule has 7 nitrogen and oxygen atoms in total. The van der Waals surface area contributed by atoms with Crippen LogP contribution in [-0.2, 0) is 11.3 Å². The maximum absolute atomic E-state index is 12.3. The molecule has 3 rings (SSSR count). The first-order valence-electron chi connectivity index (χ1n) is 7.76. The van der Waals surface area contributed by atoms with Crippen molar-refractivity contribution in [2.24, 2.45) is 0 Å². The average Bonchev–Trinajstić information content (AvgIpc) is 3.03. The number of aromatic nitrogens is 4. The molecule has 0 aliphatic carbocycles. The number of pyridine rings is 1. The second-order valence-corrected chi connectivity index (χ2v) is 6.96. The lowest BCUT2D eigenvalue weighted by atomic mass is 10.2. The van der Waals surface area contributed by atoms with Crippen LogP contribution >= 0.6 is 23.4 Å². The Bertz CT molecular complexity index is 884. The van der Waals surface area contributed by atoms with Gasteiger partial charge in [0, 0.05) is 36.6 Å². The van der Waals surface area contributed by atoms with Crippen LogP contribution in [0.2, 0.25) is 5.02 Å². The Hall–Kier alpha value is -2.58. The fourth-order valence-electron chi connectivity index (χ4n) is 2.26. The highest BCUT2D eigenvalue weighted by Crippen LogP contribution is 2.21. The van der Waals surface area contributed by atoms with Crippen molar-refractivity contribution >= 4 is 29.3 Å². The molecule has 2 N–H and O–H groups in total. The van der Waals surface area contributed by atoms with Gasteiger partial charge in [0.15, 0.2) is 5.82 Å². The second-order valence-electron chi connectivity index (χ2n) is 5.58. The highest BCUT2D eigenvalue weighted by Gasteiger charge is 2.15. The predicted octanol–water partition coefficient (Wildman–Crippen LogP) is 2.46. The number of benzene rings is 1. The Morgan fingerprint density at radius 3 is 2.73 bits per heavy atom. The first-order valence-corrected chi connectivity index (χ1v) is 9.13. The maximum Gasteiger partial charge on any atom is 0.233 e. The number of nitrogens with zero attached hydrogens (tertiary/aromatic N) is 5.